The van der Waals surface area contributed by atoms with Crippen LogP contribution in [0.4, 0.5) is 10.1 Å². The summed E-state index contributed by atoms with van der Waals surface area (Å²) in [7, 11) is 0. The number of halogens is 1. The van der Waals surface area contributed by atoms with Crippen LogP contribution in [0.25, 0.3) is 23.0 Å². The molecule has 174 valence electrons. The number of rotatable bonds is 5. The third-order valence-corrected chi connectivity index (χ3v) is 6.58. The van der Waals surface area contributed by atoms with Crippen LogP contribution in [0.15, 0.2) is 102 Å². The Morgan fingerprint density at radius 2 is 1.69 bits per heavy atom. The van der Waals surface area contributed by atoms with Crippen molar-refractivity contribution < 1.29 is 9.18 Å². The predicted molar refractivity (Wildman–Crippen MR) is 140 cm³/mol. The maximum Gasteiger partial charge on any atom is 0.252 e. The van der Waals surface area contributed by atoms with E-state index in [2.05, 4.69) is 0 Å². The minimum atomic E-state index is -0.309. The van der Waals surface area contributed by atoms with Gasteiger partial charge in [-0.2, -0.15) is 5.10 Å². The second-order valence-electron chi connectivity index (χ2n) is 7.98. The van der Waals surface area contributed by atoms with Crippen molar-refractivity contribution in [2.75, 3.05) is 12.3 Å². The van der Waals surface area contributed by atoms with Crippen molar-refractivity contribution in [2.45, 2.75) is 6.42 Å². The fourth-order valence-corrected chi connectivity index (χ4v) is 4.74. The van der Waals surface area contributed by atoms with E-state index in [0.29, 0.717) is 17.4 Å². The first-order valence-electron chi connectivity index (χ1n) is 11.3. The Bertz CT molecular complexity index is 1370. The summed E-state index contributed by atoms with van der Waals surface area (Å²) < 4.78 is 15.3. The van der Waals surface area contributed by atoms with E-state index in [0.717, 1.165) is 34.7 Å². The van der Waals surface area contributed by atoms with Crippen LogP contribution in [-0.4, -0.2) is 38.1 Å². The van der Waals surface area contributed by atoms with E-state index in [1.165, 1.54) is 12.1 Å². The minimum absolute atomic E-state index is 0.135. The van der Waals surface area contributed by atoms with Crippen LogP contribution in [0.2, 0.25) is 0 Å². The van der Waals surface area contributed by atoms with E-state index >= 15 is 0 Å². The average Bonchev–Trinajstić information content (AvgIpc) is 3.33. The van der Waals surface area contributed by atoms with Gasteiger partial charge < -0.3 is 0 Å². The fraction of sp³-hybridized carbons (Fsp3) is 0.107. The van der Waals surface area contributed by atoms with Crippen LogP contribution in [-0.2, 0) is 4.79 Å². The van der Waals surface area contributed by atoms with Gasteiger partial charge in [0.1, 0.15) is 5.82 Å². The summed E-state index contributed by atoms with van der Waals surface area (Å²) in [5.74, 6) is 0.485. The molecule has 2 heterocycles. The maximum absolute atomic E-state index is 13.5. The zero-order valence-electron chi connectivity index (χ0n) is 18.9. The van der Waals surface area contributed by atoms with Crippen LogP contribution in [0.3, 0.4) is 0 Å². The van der Waals surface area contributed by atoms with Gasteiger partial charge in [-0.15, -0.1) is 0 Å². The molecule has 0 radical (unpaired) electrons. The Balaban J connectivity index is 1.46. The summed E-state index contributed by atoms with van der Waals surface area (Å²) in [6.45, 7) is 0.621. The standard InChI is InChI=1S/C28H23FN4OS/c29-23-15-12-21(13-16-23)27-22(20-33(31-27)25-10-5-2-6-11-25)14-17-26(34)32-18-7-19-35-28(32)30-24-8-3-1-4-9-24/h1-6,8-17,20H,7,18-19H2. The number of aromatic nitrogens is 2. The smallest absolute Gasteiger partial charge is 0.252 e. The molecule has 0 spiro atoms. The molecule has 0 unspecified atom stereocenters. The van der Waals surface area contributed by atoms with Gasteiger partial charge in [0.15, 0.2) is 5.17 Å². The SMILES string of the molecule is O=C(C=Cc1cn(-c2ccccc2)nc1-c1ccc(F)cc1)N1CCCSC1=Nc1ccccc1. The number of hydrogen-bond donors (Lipinski definition) is 0. The first kappa shape index (κ1) is 22.8. The van der Waals surface area contributed by atoms with Crippen molar-refractivity contribution in [2.24, 2.45) is 4.99 Å². The lowest BCUT2D eigenvalue weighted by Crippen LogP contribution is -2.38. The highest BCUT2D eigenvalue weighted by atomic mass is 32.2. The molecule has 0 saturated carbocycles. The van der Waals surface area contributed by atoms with Gasteiger partial charge in [-0.1, -0.05) is 48.2 Å². The number of para-hydroxylation sites is 2. The van der Waals surface area contributed by atoms with Crippen molar-refractivity contribution in [1.82, 2.24) is 14.7 Å². The number of thioether (sulfide) groups is 1. The van der Waals surface area contributed by atoms with Crippen LogP contribution < -0.4 is 0 Å². The molecule has 0 aliphatic carbocycles. The van der Waals surface area contributed by atoms with Crippen LogP contribution in [0, 0.1) is 5.82 Å². The van der Waals surface area contributed by atoms with Gasteiger partial charge in [0.25, 0.3) is 5.91 Å². The summed E-state index contributed by atoms with van der Waals surface area (Å²) in [5.41, 5.74) is 3.92. The summed E-state index contributed by atoms with van der Waals surface area (Å²) >= 11 is 1.59. The molecule has 1 aliphatic rings. The van der Waals surface area contributed by atoms with Gasteiger partial charge in [0, 0.05) is 35.7 Å². The maximum atomic E-state index is 13.5. The molecule has 4 aromatic rings. The zero-order valence-corrected chi connectivity index (χ0v) is 19.7. The van der Waals surface area contributed by atoms with Gasteiger partial charge in [0.05, 0.1) is 17.1 Å². The van der Waals surface area contributed by atoms with E-state index in [1.807, 2.05) is 66.9 Å². The molecule has 7 heteroatoms. The zero-order chi connectivity index (χ0) is 24.0. The molecule has 0 N–H and O–H groups in total. The topological polar surface area (TPSA) is 50.5 Å². The highest BCUT2D eigenvalue weighted by Gasteiger charge is 2.22. The molecular formula is C28H23FN4OS. The highest BCUT2D eigenvalue weighted by molar-refractivity contribution is 8.13. The molecule has 5 nitrogen and oxygen atoms in total. The number of benzene rings is 3. The fourth-order valence-electron chi connectivity index (χ4n) is 3.78. The minimum Gasteiger partial charge on any atom is -0.288 e. The molecule has 1 saturated heterocycles. The molecule has 3 aromatic carbocycles. The van der Waals surface area contributed by atoms with Crippen molar-refractivity contribution in [3.63, 3.8) is 0 Å². The van der Waals surface area contributed by atoms with E-state index in [4.69, 9.17) is 10.1 Å². The second kappa shape index (κ2) is 10.5. The van der Waals surface area contributed by atoms with Crippen molar-refractivity contribution in [1.29, 1.82) is 0 Å². The molecule has 1 amide bonds. The van der Waals surface area contributed by atoms with E-state index in [-0.39, 0.29) is 11.7 Å². The van der Waals surface area contributed by atoms with Gasteiger partial charge >= 0.3 is 0 Å². The van der Waals surface area contributed by atoms with Gasteiger partial charge in [-0.25, -0.2) is 14.1 Å². The van der Waals surface area contributed by atoms with E-state index in [9.17, 15) is 9.18 Å². The summed E-state index contributed by atoms with van der Waals surface area (Å²) in [4.78, 5) is 19.6. The predicted octanol–water partition coefficient (Wildman–Crippen LogP) is 6.34. The van der Waals surface area contributed by atoms with Crippen LogP contribution in [0.1, 0.15) is 12.0 Å². The molecular weight excluding hydrogens is 459 g/mol. The quantitative estimate of drug-likeness (QED) is 0.312. The number of hydrogen-bond acceptors (Lipinski definition) is 4. The monoisotopic (exact) mass is 482 g/mol. The normalized spacial score (nSPS) is 15.1. The molecule has 1 aliphatic heterocycles. The summed E-state index contributed by atoms with van der Waals surface area (Å²) in [6, 6.07) is 25.6. The lowest BCUT2D eigenvalue weighted by atomic mass is 10.1. The molecule has 35 heavy (non-hydrogen) atoms. The second-order valence-corrected chi connectivity index (χ2v) is 9.04. The molecule has 0 atom stereocenters. The molecule has 1 aromatic heterocycles. The van der Waals surface area contributed by atoms with Crippen molar-refractivity contribution >= 4 is 34.6 Å². The number of amidine groups is 1. The Morgan fingerprint density at radius 3 is 2.43 bits per heavy atom. The Kier molecular flexibility index (Phi) is 6.86. The Hall–Kier alpha value is -3.97. The molecule has 5 rings (SSSR count). The largest absolute Gasteiger partial charge is 0.288 e. The number of amides is 1. The highest BCUT2D eigenvalue weighted by Crippen LogP contribution is 2.26. The van der Waals surface area contributed by atoms with Gasteiger partial charge in [-0.3, -0.25) is 9.69 Å². The average molecular weight is 483 g/mol. The number of carbonyl (C=O) groups is 1. The summed E-state index contributed by atoms with van der Waals surface area (Å²) in [6.07, 6.45) is 6.12. The number of aliphatic imine (C=N–C) groups is 1. The number of nitrogens with zero attached hydrogens (tertiary/aromatic N) is 4. The molecule has 1 fully saturated rings. The number of carbonyl (C=O) groups excluding carboxylic acids is 1. The third-order valence-electron chi connectivity index (χ3n) is 5.52. The van der Waals surface area contributed by atoms with Gasteiger partial charge in [0.2, 0.25) is 0 Å². The van der Waals surface area contributed by atoms with Crippen molar-refractivity contribution in [3.05, 3.63) is 109 Å². The lowest BCUT2D eigenvalue weighted by molar-refractivity contribution is -0.122. The van der Waals surface area contributed by atoms with E-state index < -0.39 is 0 Å². The molecule has 0 bridgehead atoms. The van der Waals surface area contributed by atoms with E-state index in [1.54, 1.807) is 45.6 Å². The Morgan fingerprint density at radius 1 is 0.971 bits per heavy atom. The lowest BCUT2D eigenvalue weighted by Gasteiger charge is -2.26. The first-order valence-corrected chi connectivity index (χ1v) is 12.3. The Labute approximate surface area is 207 Å². The van der Waals surface area contributed by atoms with Crippen LogP contribution in [0.5, 0.6) is 0 Å². The van der Waals surface area contributed by atoms with Gasteiger partial charge in [-0.05, 0) is 61.0 Å². The first-order chi connectivity index (χ1) is 17.2. The van der Waals surface area contributed by atoms with Crippen molar-refractivity contribution in [3.8, 4) is 16.9 Å². The summed E-state index contributed by atoms with van der Waals surface area (Å²) in [5, 5.41) is 5.44. The third kappa shape index (κ3) is 5.41. The van der Waals surface area contributed by atoms with Crippen LogP contribution >= 0.6 is 11.8 Å².